The molecule has 37 heavy (non-hydrogen) atoms. The number of nitrogens with zero attached hydrogens (tertiary/aromatic N) is 2. The Hall–Kier alpha value is -2.70. The molecule has 3 heterocycles. The molecule has 2 aliphatic rings. The summed E-state index contributed by atoms with van der Waals surface area (Å²) in [5.41, 5.74) is -0.530. The Labute approximate surface area is 219 Å². The number of amides is 2. The van der Waals surface area contributed by atoms with E-state index in [-0.39, 0.29) is 28.2 Å². The van der Waals surface area contributed by atoms with Crippen LogP contribution in [0.25, 0.3) is 10.4 Å². The SMILES string of the molecule is Cc1nc(C(=O)NCC(C)(C)O)sc1-c1cnc(NC2(C)CCC2)cc1C(F)F.O=CNC1CCNC1. The van der Waals surface area contributed by atoms with Crippen molar-refractivity contribution in [1.29, 1.82) is 0 Å². The zero-order valence-corrected chi connectivity index (χ0v) is 22.5. The molecule has 0 radical (unpaired) electrons. The first-order chi connectivity index (χ1) is 17.4. The molecular weight excluding hydrogens is 502 g/mol. The van der Waals surface area contributed by atoms with Crippen LogP contribution in [0.3, 0.4) is 0 Å². The van der Waals surface area contributed by atoms with Crippen LogP contribution in [0.1, 0.15) is 73.9 Å². The molecule has 2 amide bonds. The zero-order valence-electron chi connectivity index (χ0n) is 21.7. The molecule has 0 aromatic carbocycles. The van der Waals surface area contributed by atoms with Crippen molar-refractivity contribution >= 4 is 29.5 Å². The highest BCUT2D eigenvalue weighted by molar-refractivity contribution is 7.17. The Morgan fingerprint density at radius 2 is 2.14 bits per heavy atom. The van der Waals surface area contributed by atoms with Gasteiger partial charge in [-0.1, -0.05) is 0 Å². The van der Waals surface area contributed by atoms with Gasteiger partial charge in [-0.05, 0) is 66.0 Å². The Bertz CT molecular complexity index is 1080. The summed E-state index contributed by atoms with van der Waals surface area (Å²) in [6.45, 7) is 8.90. The van der Waals surface area contributed by atoms with Crippen LogP contribution in [0.4, 0.5) is 14.6 Å². The molecule has 2 aromatic heterocycles. The predicted octanol–water partition coefficient (Wildman–Crippen LogP) is 3.40. The second kappa shape index (κ2) is 12.2. The smallest absolute Gasteiger partial charge is 0.280 e. The van der Waals surface area contributed by atoms with Gasteiger partial charge in [0.15, 0.2) is 5.01 Å². The molecule has 0 bridgehead atoms. The lowest BCUT2D eigenvalue weighted by molar-refractivity contribution is -0.110. The molecule has 1 saturated carbocycles. The lowest BCUT2D eigenvalue weighted by Crippen LogP contribution is -2.41. The van der Waals surface area contributed by atoms with E-state index in [2.05, 4.69) is 38.2 Å². The number of thiazole rings is 1. The van der Waals surface area contributed by atoms with Gasteiger partial charge in [0.25, 0.3) is 12.3 Å². The summed E-state index contributed by atoms with van der Waals surface area (Å²) in [6.07, 6.45) is 3.65. The molecule has 204 valence electrons. The van der Waals surface area contributed by atoms with Gasteiger partial charge in [-0.2, -0.15) is 0 Å². The lowest BCUT2D eigenvalue weighted by atomic mass is 9.78. The third-order valence-corrected chi connectivity index (χ3v) is 7.53. The normalized spacial score (nSPS) is 18.4. The van der Waals surface area contributed by atoms with Crippen molar-refractivity contribution in [3.05, 3.63) is 28.5 Å². The molecule has 0 spiro atoms. The van der Waals surface area contributed by atoms with Crippen LogP contribution in [-0.4, -0.2) is 64.2 Å². The topological polar surface area (TPSA) is 128 Å². The molecule has 1 unspecified atom stereocenters. The quantitative estimate of drug-likeness (QED) is 0.310. The molecule has 1 saturated heterocycles. The molecule has 5 N–H and O–H groups in total. The van der Waals surface area contributed by atoms with Gasteiger partial charge in [0.2, 0.25) is 6.41 Å². The highest BCUT2D eigenvalue weighted by Crippen LogP contribution is 2.39. The number of aromatic nitrogens is 2. The van der Waals surface area contributed by atoms with Gasteiger partial charge in [0.1, 0.15) is 5.82 Å². The van der Waals surface area contributed by atoms with Gasteiger partial charge < -0.3 is 26.4 Å². The molecule has 9 nitrogen and oxygen atoms in total. The van der Waals surface area contributed by atoms with E-state index in [1.54, 1.807) is 20.8 Å². The highest BCUT2D eigenvalue weighted by Gasteiger charge is 2.32. The molecule has 1 atom stereocenters. The number of rotatable bonds is 9. The first-order valence-electron chi connectivity index (χ1n) is 12.4. The summed E-state index contributed by atoms with van der Waals surface area (Å²) in [4.78, 5) is 31.2. The van der Waals surface area contributed by atoms with Gasteiger partial charge in [-0.25, -0.2) is 18.7 Å². The third kappa shape index (κ3) is 8.14. The van der Waals surface area contributed by atoms with Crippen LogP contribution in [0.15, 0.2) is 12.3 Å². The van der Waals surface area contributed by atoms with Crippen LogP contribution >= 0.6 is 11.3 Å². The first-order valence-corrected chi connectivity index (χ1v) is 13.2. The molecular formula is C25H36F2N6O3S. The Balaban J connectivity index is 0.000000405. The number of nitrogens with one attached hydrogen (secondary N) is 4. The Kier molecular flexibility index (Phi) is 9.54. The number of carbonyl (C=O) groups is 2. The second-order valence-electron chi connectivity index (χ2n) is 10.4. The van der Waals surface area contributed by atoms with Crippen molar-refractivity contribution in [3.8, 4) is 10.4 Å². The number of halogens is 2. The first kappa shape index (κ1) is 28.9. The van der Waals surface area contributed by atoms with Crippen LogP contribution in [0.5, 0.6) is 0 Å². The minimum atomic E-state index is -2.68. The number of alkyl halides is 2. The minimum absolute atomic E-state index is 0.0583. The van der Waals surface area contributed by atoms with E-state index in [0.717, 1.165) is 56.5 Å². The second-order valence-corrected chi connectivity index (χ2v) is 11.4. The summed E-state index contributed by atoms with van der Waals surface area (Å²) in [6, 6.07) is 1.77. The molecule has 1 aliphatic carbocycles. The summed E-state index contributed by atoms with van der Waals surface area (Å²) in [5.74, 6) is -0.0224. The van der Waals surface area contributed by atoms with E-state index >= 15 is 0 Å². The fourth-order valence-corrected chi connectivity index (χ4v) is 5.07. The van der Waals surface area contributed by atoms with Crippen molar-refractivity contribution < 1.29 is 23.5 Å². The van der Waals surface area contributed by atoms with Gasteiger partial charge >= 0.3 is 0 Å². The number of pyridine rings is 1. The molecule has 1 aliphatic heterocycles. The van der Waals surface area contributed by atoms with Crippen molar-refractivity contribution in [3.63, 3.8) is 0 Å². The van der Waals surface area contributed by atoms with E-state index < -0.39 is 17.9 Å². The van der Waals surface area contributed by atoms with E-state index in [0.29, 0.717) is 22.4 Å². The van der Waals surface area contributed by atoms with Crippen molar-refractivity contribution in [2.24, 2.45) is 0 Å². The minimum Gasteiger partial charge on any atom is -0.389 e. The van der Waals surface area contributed by atoms with E-state index in [4.69, 9.17) is 0 Å². The van der Waals surface area contributed by atoms with Crippen molar-refractivity contribution in [1.82, 2.24) is 25.9 Å². The third-order valence-electron chi connectivity index (χ3n) is 6.34. The molecule has 4 rings (SSSR count). The van der Waals surface area contributed by atoms with Gasteiger partial charge in [0, 0.05) is 42.0 Å². The number of hydrogen-bond acceptors (Lipinski definition) is 8. The maximum absolute atomic E-state index is 13.8. The number of aliphatic hydroxyl groups is 1. The fraction of sp³-hybridized carbons (Fsp3) is 0.600. The summed E-state index contributed by atoms with van der Waals surface area (Å²) in [7, 11) is 0. The number of anilines is 1. The van der Waals surface area contributed by atoms with E-state index in [9.17, 15) is 23.5 Å². The van der Waals surface area contributed by atoms with Crippen LogP contribution in [0, 0.1) is 6.92 Å². The maximum atomic E-state index is 13.8. The highest BCUT2D eigenvalue weighted by atomic mass is 32.1. The van der Waals surface area contributed by atoms with Gasteiger partial charge in [-0.3, -0.25) is 9.59 Å². The number of hydrogen-bond donors (Lipinski definition) is 5. The molecule has 2 fully saturated rings. The fourth-order valence-electron chi connectivity index (χ4n) is 4.06. The zero-order chi connectivity index (χ0) is 27.2. The lowest BCUT2D eigenvalue weighted by Gasteiger charge is -2.39. The summed E-state index contributed by atoms with van der Waals surface area (Å²) in [5, 5.41) is 21.6. The average molecular weight is 539 g/mol. The average Bonchev–Trinajstić information content (AvgIpc) is 3.46. The standard InChI is InChI=1S/C20H26F2N4O2S.C5H10N2O/c1-11-15(29-18(25-11)17(27)24-10-19(2,3)28)13-9-23-14(8-12(13)16(21)22)26-20(4)6-5-7-20;8-4-7-5-1-2-6-3-5/h8-9,16,28H,5-7,10H2,1-4H3,(H,23,26)(H,24,27);4-6H,1-3H2,(H,7,8). The largest absolute Gasteiger partial charge is 0.389 e. The van der Waals surface area contributed by atoms with Crippen LogP contribution in [-0.2, 0) is 4.79 Å². The molecule has 2 aromatic rings. The molecule has 12 heteroatoms. The monoisotopic (exact) mass is 538 g/mol. The van der Waals surface area contributed by atoms with Crippen molar-refractivity contribution in [2.75, 3.05) is 25.0 Å². The number of aryl methyl sites for hydroxylation is 1. The van der Waals surface area contributed by atoms with Crippen LogP contribution < -0.4 is 21.3 Å². The maximum Gasteiger partial charge on any atom is 0.280 e. The van der Waals surface area contributed by atoms with Crippen LogP contribution in [0.2, 0.25) is 0 Å². The summed E-state index contributed by atoms with van der Waals surface area (Å²) >= 11 is 1.04. The number of carbonyl (C=O) groups excluding carboxylic acids is 2. The van der Waals surface area contributed by atoms with Crippen molar-refractivity contribution in [2.45, 2.75) is 77.0 Å². The van der Waals surface area contributed by atoms with E-state index in [1.165, 1.54) is 12.3 Å². The Morgan fingerprint density at radius 3 is 2.68 bits per heavy atom. The van der Waals surface area contributed by atoms with Gasteiger partial charge in [0.05, 0.1) is 16.2 Å². The Morgan fingerprint density at radius 1 is 1.41 bits per heavy atom. The van der Waals surface area contributed by atoms with E-state index in [1.807, 2.05) is 0 Å². The summed E-state index contributed by atoms with van der Waals surface area (Å²) < 4.78 is 27.6. The predicted molar refractivity (Wildman–Crippen MR) is 140 cm³/mol. The van der Waals surface area contributed by atoms with Gasteiger partial charge in [-0.15, -0.1) is 11.3 Å².